The summed E-state index contributed by atoms with van der Waals surface area (Å²) in [6.07, 6.45) is 1.72. The zero-order valence-corrected chi connectivity index (χ0v) is 19.1. The van der Waals surface area contributed by atoms with Crippen LogP contribution in [0.4, 0.5) is 4.39 Å². The van der Waals surface area contributed by atoms with Crippen LogP contribution in [0.2, 0.25) is 0 Å². The van der Waals surface area contributed by atoms with Gasteiger partial charge in [0.05, 0.1) is 7.11 Å². The number of halogens is 2. The Morgan fingerprint density at radius 3 is 2.07 bits per heavy atom. The molecule has 1 aromatic heterocycles. The number of hydrogen-bond acceptors (Lipinski definition) is 4. The SMILES string of the molecule is CN=C(NCc1ccc(OC)cc1)NCc1ccc(Oc2ccc(F)cc2)nc1.I. The molecule has 2 N–H and O–H groups in total. The van der Waals surface area contributed by atoms with E-state index in [1.807, 2.05) is 30.3 Å². The van der Waals surface area contributed by atoms with Gasteiger partial charge >= 0.3 is 0 Å². The molecular formula is C22H24FIN4O2. The fraction of sp³-hybridized carbons (Fsp3) is 0.182. The molecule has 158 valence electrons. The van der Waals surface area contributed by atoms with Gasteiger partial charge in [0.1, 0.15) is 17.3 Å². The first-order valence-electron chi connectivity index (χ1n) is 9.12. The van der Waals surface area contributed by atoms with Crippen LogP contribution in [0.3, 0.4) is 0 Å². The molecule has 6 nitrogen and oxygen atoms in total. The Hall–Kier alpha value is -2.88. The van der Waals surface area contributed by atoms with Crippen LogP contribution in [0.25, 0.3) is 0 Å². The second-order valence-electron chi connectivity index (χ2n) is 6.19. The highest BCUT2D eigenvalue weighted by Gasteiger charge is 2.03. The predicted octanol–water partition coefficient (Wildman–Crippen LogP) is 4.50. The molecule has 2 aromatic carbocycles. The van der Waals surface area contributed by atoms with E-state index in [-0.39, 0.29) is 29.8 Å². The smallest absolute Gasteiger partial charge is 0.219 e. The van der Waals surface area contributed by atoms with Gasteiger partial charge in [-0.1, -0.05) is 18.2 Å². The molecule has 0 amide bonds. The van der Waals surface area contributed by atoms with Crippen molar-refractivity contribution in [3.05, 3.63) is 83.8 Å². The number of hydrogen-bond donors (Lipinski definition) is 2. The molecule has 0 aliphatic heterocycles. The summed E-state index contributed by atoms with van der Waals surface area (Å²) < 4.78 is 23.7. The average molecular weight is 522 g/mol. The second kappa shape index (κ2) is 12.0. The lowest BCUT2D eigenvalue weighted by atomic mass is 10.2. The summed E-state index contributed by atoms with van der Waals surface area (Å²) in [5.41, 5.74) is 2.10. The molecule has 0 atom stereocenters. The fourth-order valence-corrected chi connectivity index (χ4v) is 2.53. The Labute approximate surface area is 192 Å². The molecule has 0 saturated carbocycles. The van der Waals surface area contributed by atoms with Gasteiger partial charge in [-0.3, -0.25) is 4.99 Å². The lowest BCUT2D eigenvalue weighted by molar-refractivity contribution is 0.414. The van der Waals surface area contributed by atoms with Gasteiger partial charge in [0, 0.05) is 32.4 Å². The van der Waals surface area contributed by atoms with Crippen LogP contribution in [0.5, 0.6) is 17.4 Å². The zero-order chi connectivity index (χ0) is 20.5. The Bertz CT molecular complexity index is 933. The second-order valence-corrected chi connectivity index (χ2v) is 6.19. The number of benzene rings is 2. The van der Waals surface area contributed by atoms with Crippen molar-refractivity contribution in [2.45, 2.75) is 13.1 Å². The van der Waals surface area contributed by atoms with Crippen molar-refractivity contribution in [2.24, 2.45) is 4.99 Å². The molecule has 0 aliphatic carbocycles. The van der Waals surface area contributed by atoms with Crippen LogP contribution in [-0.4, -0.2) is 25.1 Å². The van der Waals surface area contributed by atoms with Crippen molar-refractivity contribution < 1.29 is 13.9 Å². The minimum atomic E-state index is -0.305. The number of nitrogens with zero attached hydrogens (tertiary/aromatic N) is 2. The largest absolute Gasteiger partial charge is 0.497 e. The van der Waals surface area contributed by atoms with Gasteiger partial charge in [-0.15, -0.1) is 24.0 Å². The molecule has 0 radical (unpaired) electrons. The number of aromatic nitrogens is 1. The van der Waals surface area contributed by atoms with Crippen LogP contribution in [0.15, 0.2) is 71.9 Å². The van der Waals surface area contributed by atoms with E-state index in [9.17, 15) is 4.39 Å². The maximum absolute atomic E-state index is 12.9. The first kappa shape index (κ1) is 23.4. The third-order valence-corrected chi connectivity index (χ3v) is 4.14. The van der Waals surface area contributed by atoms with Gasteiger partial charge in [-0.2, -0.15) is 0 Å². The number of methoxy groups -OCH3 is 1. The summed E-state index contributed by atoms with van der Waals surface area (Å²) in [5.74, 6) is 2.19. The molecule has 0 bridgehead atoms. The Morgan fingerprint density at radius 2 is 1.50 bits per heavy atom. The van der Waals surface area contributed by atoms with Gasteiger partial charge in [-0.25, -0.2) is 9.37 Å². The van der Waals surface area contributed by atoms with E-state index in [1.165, 1.54) is 12.1 Å². The molecular weight excluding hydrogens is 498 g/mol. The van der Waals surface area contributed by atoms with Crippen LogP contribution in [-0.2, 0) is 13.1 Å². The van der Waals surface area contributed by atoms with Crippen LogP contribution in [0, 0.1) is 5.82 Å². The third-order valence-electron chi connectivity index (χ3n) is 4.14. The van der Waals surface area contributed by atoms with E-state index in [0.717, 1.165) is 16.9 Å². The summed E-state index contributed by atoms with van der Waals surface area (Å²) in [4.78, 5) is 8.51. The monoisotopic (exact) mass is 522 g/mol. The summed E-state index contributed by atoms with van der Waals surface area (Å²) in [7, 11) is 3.37. The maximum atomic E-state index is 12.9. The van der Waals surface area contributed by atoms with Crippen LogP contribution in [0.1, 0.15) is 11.1 Å². The molecule has 30 heavy (non-hydrogen) atoms. The van der Waals surface area contributed by atoms with Crippen LogP contribution < -0.4 is 20.1 Å². The van der Waals surface area contributed by atoms with E-state index >= 15 is 0 Å². The van der Waals surface area contributed by atoms with Gasteiger partial charge in [0.25, 0.3) is 0 Å². The highest BCUT2D eigenvalue weighted by Crippen LogP contribution is 2.19. The molecule has 3 rings (SSSR count). The number of guanidine groups is 1. The number of aliphatic imine (C=N–C) groups is 1. The predicted molar refractivity (Wildman–Crippen MR) is 126 cm³/mol. The van der Waals surface area contributed by atoms with Crippen molar-refractivity contribution in [2.75, 3.05) is 14.2 Å². The van der Waals surface area contributed by atoms with Crippen molar-refractivity contribution in [1.29, 1.82) is 0 Å². The minimum Gasteiger partial charge on any atom is -0.497 e. The molecule has 0 saturated heterocycles. The Balaban J connectivity index is 0.00000320. The minimum absolute atomic E-state index is 0. The Morgan fingerprint density at radius 1 is 0.900 bits per heavy atom. The highest BCUT2D eigenvalue weighted by atomic mass is 127. The normalized spacial score (nSPS) is 10.7. The van der Waals surface area contributed by atoms with E-state index < -0.39 is 0 Å². The summed E-state index contributed by atoms with van der Waals surface area (Å²) >= 11 is 0. The van der Waals surface area contributed by atoms with Crippen molar-refractivity contribution in [1.82, 2.24) is 15.6 Å². The van der Waals surface area contributed by atoms with Crippen LogP contribution >= 0.6 is 24.0 Å². The molecule has 0 fully saturated rings. The summed E-state index contributed by atoms with van der Waals surface area (Å²) in [6.45, 7) is 1.21. The van der Waals surface area contributed by atoms with E-state index in [1.54, 1.807) is 38.6 Å². The van der Waals surface area contributed by atoms with E-state index in [0.29, 0.717) is 30.7 Å². The van der Waals surface area contributed by atoms with Gasteiger partial charge in [0.15, 0.2) is 5.96 Å². The number of rotatable bonds is 7. The van der Waals surface area contributed by atoms with Gasteiger partial charge in [-0.05, 0) is 47.5 Å². The lowest BCUT2D eigenvalue weighted by Gasteiger charge is -2.12. The highest BCUT2D eigenvalue weighted by molar-refractivity contribution is 14.0. The first-order valence-corrected chi connectivity index (χ1v) is 9.12. The maximum Gasteiger partial charge on any atom is 0.219 e. The molecule has 1 heterocycles. The van der Waals surface area contributed by atoms with E-state index in [2.05, 4.69) is 20.6 Å². The zero-order valence-electron chi connectivity index (χ0n) is 16.8. The molecule has 3 aromatic rings. The standard InChI is InChI=1S/C22H23FN4O2.HI/c1-24-22(26-13-16-3-8-19(28-2)9-4-16)27-15-17-5-12-21(25-14-17)29-20-10-6-18(23)7-11-20;/h3-12,14H,13,15H2,1-2H3,(H2,24,26,27);1H. The average Bonchev–Trinajstić information content (AvgIpc) is 2.77. The van der Waals surface area contributed by atoms with Crippen molar-refractivity contribution in [3.8, 4) is 17.4 Å². The number of nitrogens with one attached hydrogen (secondary N) is 2. The summed E-state index contributed by atoms with van der Waals surface area (Å²) in [6, 6.07) is 17.4. The third kappa shape index (κ3) is 7.18. The number of ether oxygens (including phenoxy) is 2. The Kier molecular flexibility index (Phi) is 9.33. The molecule has 0 spiro atoms. The fourth-order valence-electron chi connectivity index (χ4n) is 2.53. The lowest BCUT2D eigenvalue weighted by Crippen LogP contribution is -2.36. The van der Waals surface area contributed by atoms with Crippen molar-refractivity contribution >= 4 is 29.9 Å². The van der Waals surface area contributed by atoms with Gasteiger partial charge in [0.2, 0.25) is 5.88 Å². The number of pyridine rings is 1. The topological polar surface area (TPSA) is 67.8 Å². The summed E-state index contributed by atoms with van der Waals surface area (Å²) in [5, 5.41) is 6.51. The molecule has 0 aliphatic rings. The quantitative estimate of drug-likeness (QED) is 0.272. The first-order chi connectivity index (χ1) is 14.2. The molecule has 8 heteroatoms. The molecule has 0 unspecified atom stereocenters. The van der Waals surface area contributed by atoms with Crippen molar-refractivity contribution in [3.63, 3.8) is 0 Å². The van der Waals surface area contributed by atoms with E-state index in [4.69, 9.17) is 9.47 Å². The van der Waals surface area contributed by atoms with Gasteiger partial charge < -0.3 is 20.1 Å².